The molecule has 0 spiro atoms. The molecule has 0 radical (unpaired) electrons. The Morgan fingerprint density at radius 1 is 0.964 bits per heavy atom. The van der Waals surface area contributed by atoms with E-state index in [1.165, 1.54) is 12.1 Å². The maximum Gasteiger partial charge on any atom is 0.462 e. The van der Waals surface area contributed by atoms with Gasteiger partial charge in [-0.15, -0.1) is 0 Å². The van der Waals surface area contributed by atoms with Crippen molar-refractivity contribution in [3.05, 3.63) is 51.3 Å². The lowest BCUT2D eigenvalue weighted by molar-refractivity contribution is -0.361. The third-order valence-electron chi connectivity index (χ3n) is 3.79. The van der Waals surface area contributed by atoms with Gasteiger partial charge in [0.15, 0.2) is 0 Å². The summed E-state index contributed by atoms with van der Waals surface area (Å²) in [5.41, 5.74) is 2.42. The van der Waals surface area contributed by atoms with E-state index >= 15 is 0 Å². The van der Waals surface area contributed by atoms with E-state index in [4.69, 9.17) is 23.2 Å². The number of rotatable bonds is 5. The monoisotopic (exact) mass is 449 g/mol. The van der Waals surface area contributed by atoms with Gasteiger partial charge in [0.25, 0.3) is 0 Å². The minimum atomic E-state index is -6.44. The fourth-order valence-corrected chi connectivity index (χ4v) is 2.66. The van der Waals surface area contributed by atoms with Crippen molar-refractivity contribution in [1.29, 1.82) is 0 Å². The number of hydrogen-bond donors (Lipinski definition) is 1. The first-order chi connectivity index (χ1) is 12.7. The molecule has 0 atom stereocenters. The molecule has 0 amide bonds. The fraction of sp³-hybridized carbons (Fsp3) is 0.312. The maximum absolute atomic E-state index is 13.2. The average Bonchev–Trinajstić information content (AvgIpc) is 2.83. The van der Waals surface area contributed by atoms with Crippen molar-refractivity contribution in [2.45, 2.75) is 32.0 Å². The zero-order valence-corrected chi connectivity index (χ0v) is 15.7. The third kappa shape index (κ3) is 4.07. The second-order valence-electron chi connectivity index (χ2n) is 5.78. The van der Waals surface area contributed by atoms with Gasteiger partial charge in [-0.3, -0.25) is 0 Å². The molecule has 1 aromatic carbocycles. The molecule has 3 nitrogen and oxygen atoms in total. The second kappa shape index (κ2) is 7.47. The van der Waals surface area contributed by atoms with Gasteiger partial charge in [-0.2, -0.15) is 35.8 Å². The number of aryl methyl sites for hydroxylation is 1. The lowest BCUT2D eigenvalue weighted by Crippen LogP contribution is -2.58. The molecular weight excluding hydrogens is 438 g/mol. The van der Waals surface area contributed by atoms with Crippen LogP contribution in [0.5, 0.6) is 0 Å². The predicted octanol–water partition coefficient (Wildman–Crippen LogP) is 6.11. The highest BCUT2D eigenvalue weighted by Crippen LogP contribution is 2.45. The third-order valence-corrected chi connectivity index (χ3v) is 4.53. The Labute approximate surface area is 164 Å². The van der Waals surface area contributed by atoms with Crippen LogP contribution in [0.25, 0.3) is 5.69 Å². The molecule has 1 aromatic heterocycles. The standard InChI is InChI=1S/C16H12Cl2F7N3/c1-8-5-10(7-26-27-16(24,25)14(19,20)15(21,22)23)9(2)28(8)11-3-4-12(17)13(18)6-11/h3-7,27H,1-2H3/b26-7-. The number of hydrazone groups is 1. The van der Waals surface area contributed by atoms with Crippen LogP contribution in [-0.2, 0) is 0 Å². The summed E-state index contributed by atoms with van der Waals surface area (Å²) >= 11 is 11.8. The SMILES string of the molecule is Cc1cc(/C=N\NC(F)(F)C(F)(F)C(F)(F)F)c(C)n1-c1ccc(Cl)c(Cl)c1. The van der Waals surface area contributed by atoms with Gasteiger partial charge in [-0.05, 0) is 38.1 Å². The van der Waals surface area contributed by atoms with Crippen molar-refractivity contribution in [3.8, 4) is 5.69 Å². The molecule has 1 heterocycles. The van der Waals surface area contributed by atoms with Crippen LogP contribution < -0.4 is 5.43 Å². The number of halogens is 9. The van der Waals surface area contributed by atoms with Crippen LogP contribution in [0.1, 0.15) is 17.0 Å². The highest BCUT2D eigenvalue weighted by atomic mass is 35.5. The number of nitrogens with zero attached hydrogens (tertiary/aromatic N) is 2. The lowest BCUT2D eigenvalue weighted by Gasteiger charge is -2.27. The summed E-state index contributed by atoms with van der Waals surface area (Å²) in [5.74, 6) is -6.30. The van der Waals surface area contributed by atoms with Crippen molar-refractivity contribution in [1.82, 2.24) is 9.99 Å². The largest absolute Gasteiger partial charge is 0.462 e. The van der Waals surface area contributed by atoms with E-state index in [-0.39, 0.29) is 10.6 Å². The summed E-state index contributed by atoms with van der Waals surface area (Å²) in [4.78, 5) is 0. The van der Waals surface area contributed by atoms with Gasteiger partial charge in [-0.25, -0.2) is 5.43 Å². The molecule has 0 bridgehead atoms. The summed E-state index contributed by atoms with van der Waals surface area (Å²) < 4.78 is 90.0. The van der Waals surface area contributed by atoms with E-state index in [0.29, 0.717) is 27.5 Å². The highest BCUT2D eigenvalue weighted by Gasteiger charge is 2.73. The Kier molecular flexibility index (Phi) is 5.96. The van der Waals surface area contributed by atoms with E-state index in [1.54, 1.807) is 30.5 Å². The Balaban J connectivity index is 2.30. The van der Waals surface area contributed by atoms with E-state index in [1.807, 2.05) is 0 Å². The molecule has 0 aliphatic rings. The Morgan fingerprint density at radius 2 is 1.57 bits per heavy atom. The summed E-state index contributed by atoms with van der Waals surface area (Å²) in [6.45, 7) is 3.23. The normalized spacial score (nSPS) is 13.4. The zero-order valence-electron chi connectivity index (χ0n) is 14.2. The molecule has 1 N–H and O–H groups in total. The van der Waals surface area contributed by atoms with E-state index in [2.05, 4.69) is 5.10 Å². The van der Waals surface area contributed by atoms with Crippen LogP contribution in [0.4, 0.5) is 30.7 Å². The molecule has 0 aliphatic carbocycles. The number of alkyl halides is 7. The van der Waals surface area contributed by atoms with Gasteiger partial charge in [0.05, 0.1) is 16.3 Å². The summed E-state index contributed by atoms with van der Waals surface area (Å²) in [5, 5.41) is 3.44. The van der Waals surface area contributed by atoms with Gasteiger partial charge in [0, 0.05) is 22.6 Å². The topological polar surface area (TPSA) is 29.3 Å². The minimum absolute atomic E-state index is 0.210. The van der Waals surface area contributed by atoms with E-state index < -0.39 is 18.1 Å². The molecule has 2 aromatic rings. The van der Waals surface area contributed by atoms with Gasteiger partial charge >= 0.3 is 18.1 Å². The van der Waals surface area contributed by atoms with Gasteiger partial charge in [-0.1, -0.05) is 23.2 Å². The first kappa shape index (κ1) is 22.4. The average molecular weight is 450 g/mol. The van der Waals surface area contributed by atoms with E-state index in [0.717, 1.165) is 6.21 Å². The van der Waals surface area contributed by atoms with Crippen LogP contribution in [-0.4, -0.2) is 28.9 Å². The Morgan fingerprint density at radius 3 is 2.11 bits per heavy atom. The van der Waals surface area contributed by atoms with Crippen molar-refractivity contribution < 1.29 is 30.7 Å². The van der Waals surface area contributed by atoms with Crippen molar-refractivity contribution in [3.63, 3.8) is 0 Å². The highest BCUT2D eigenvalue weighted by molar-refractivity contribution is 6.42. The molecule has 0 saturated heterocycles. The molecule has 2 rings (SSSR count). The van der Waals surface area contributed by atoms with Crippen molar-refractivity contribution in [2.75, 3.05) is 0 Å². The van der Waals surface area contributed by atoms with Gasteiger partial charge in [0.2, 0.25) is 0 Å². The van der Waals surface area contributed by atoms with Crippen LogP contribution >= 0.6 is 23.2 Å². The summed E-state index contributed by atoms with van der Waals surface area (Å²) in [7, 11) is 0. The van der Waals surface area contributed by atoms with Crippen LogP contribution in [0.3, 0.4) is 0 Å². The summed E-state index contributed by atoms with van der Waals surface area (Å²) in [6, 6.07) is 0.555. The van der Waals surface area contributed by atoms with E-state index in [9.17, 15) is 30.7 Å². The molecule has 12 heteroatoms. The molecule has 154 valence electrons. The van der Waals surface area contributed by atoms with Crippen molar-refractivity contribution in [2.24, 2.45) is 5.10 Å². The molecule has 0 saturated carbocycles. The second-order valence-corrected chi connectivity index (χ2v) is 6.59. The number of hydrogen-bond acceptors (Lipinski definition) is 2. The fourth-order valence-electron chi connectivity index (χ4n) is 2.37. The van der Waals surface area contributed by atoms with Crippen LogP contribution in [0.15, 0.2) is 29.4 Å². The Bertz CT molecular complexity index is 904. The first-order valence-electron chi connectivity index (χ1n) is 7.46. The zero-order chi connectivity index (χ0) is 21.5. The quantitative estimate of drug-likeness (QED) is 0.253. The number of nitrogens with one attached hydrogen (secondary N) is 1. The molecule has 0 fully saturated rings. The van der Waals surface area contributed by atoms with Gasteiger partial charge < -0.3 is 4.57 Å². The Hall–Kier alpha value is -1.94. The van der Waals surface area contributed by atoms with Gasteiger partial charge in [0.1, 0.15) is 0 Å². The first-order valence-corrected chi connectivity index (χ1v) is 8.21. The molecule has 0 aliphatic heterocycles. The van der Waals surface area contributed by atoms with Crippen molar-refractivity contribution >= 4 is 29.4 Å². The summed E-state index contributed by atoms with van der Waals surface area (Å²) in [6.07, 6.45) is -5.72. The minimum Gasteiger partial charge on any atom is -0.318 e. The molecular formula is C16H12Cl2F7N3. The molecule has 0 unspecified atom stereocenters. The maximum atomic E-state index is 13.2. The number of benzene rings is 1. The predicted molar refractivity (Wildman–Crippen MR) is 91.9 cm³/mol. The van der Waals surface area contributed by atoms with Crippen LogP contribution in [0, 0.1) is 13.8 Å². The number of aromatic nitrogens is 1. The molecule has 28 heavy (non-hydrogen) atoms. The lowest BCUT2D eigenvalue weighted by atomic mass is 10.2. The van der Waals surface area contributed by atoms with Crippen LogP contribution in [0.2, 0.25) is 10.0 Å². The smallest absolute Gasteiger partial charge is 0.318 e.